The van der Waals surface area contributed by atoms with Crippen LogP contribution in [0.1, 0.15) is 36.8 Å². The molecule has 1 saturated heterocycles. The lowest BCUT2D eigenvalue weighted by Crippen LogP contribution is -2.32. The fourth-order valence-electron chi connectivity index (χ4n) is 3.72. The molecule has 6 nitrogen and oxygen atoms in total. The summed E-state index contributed by atoms with van der Waals surface area (Å²) in [6.45, 7) is 2.72. The van der Waals surface area contributed by atoms with E-state index in [1.54, 1.807) is 17.0 Å². The van der Waals surface area contributed by atoms with Crippen molar-refractivity contribution in [3.63, 3.8) is 0 Å². The fraction of sp³-hybridized carbons (Fsp3) is 0.409. The lowest BCUT2D eigenvalue weighted by Gasteiger charge is -2.31. The second-order valence-electron chi connectivity index (χ2n) is 7.62. The number of amides is 1. The zero-order chi connectivity index (χ0) is 20.9. The third-order valence-corrected chi connectivity index (χ3v) is 6.33. The van der Waals surface area contributed by atoms with Gasteiger partial charge >= 0.3 is 0 Å². The van der Waals surface area contributed by atoms with E-state index in [0.29, 0.717) is 19.4 Å². The average molecular weight is 416 g/mol. The first-order chi connectivity index (χ1) is 13.8. The molecule has 2 aromatic rings. The maximum absolute atomic E-state index is 12.6. The number of carbonyl (C=O) groups excluding carboxylic acids is 1. The minimum Gasteiger partial charge on any atom is -0.371 e. The quantitative estimate of drug-likeness (QED) is 0.754. The van der Waals surface area contributed by atoms with E-state index in [9.17, 15) is 13.2 Å². The lowest BCUT2D eigenvalue weighted by atomic mass is 10.1. The van der Waals surface area contributed by atoms with Crippen LogP contribution in [0.25, 0.3) is 0 Å². The molecule has 2 aromatic carbocycles. The number of carbonyl (C=O) groups is 1. The summed E-state index contributed by atoms with van der Waals surface area (Å²) >= 11 is 0. The Bertz CT molecular complexity index is 936. The summed E-state index contributed by atoms with van der Waals surface area (Å²) in [5.74, 6) is 0.0639. The Hall–Kier alpha value is -2.38. The van der Waals surface area contributed by atoms with E-state index < -0.39 is 10.0 Å². The molecular formula is C22H29N3O3S. The molecule has 1 amide bonds. The van der Waals surface area contributed by atoms with Gasteiger partial charge in [0.25, 0.3) is 0 Å². The number of piperidine rings is 1. The van der Waals surface area contributed by atoms with Crippen molar-refractivity contribution in [3.05, 3.63) is 59.7 Å². The van der Waals surface area contributed by atoms with Gasteiger partial charge in [-0.2, -0.15) is 0 Å². The van der Waals surface area contributed by atoms with Crippen LogP contribution in [-0.4, -0.2) is 39.4 Å². The van der Waals surface area contributed by atoms with E-state index in [-0.39, 0.29) is 10.8 Å². The first-order valence-electron chi connectivity index (χ1n) is 10.0. The number of sulfonamides is 1. The molecule has 2 N–H and O–H groups in total. The molecule has 0 aromatic heterocycles. The molecule has 0 spiro atoms. The van der Waals surface area contributed by atoms with Gasteiger partial charge in [-0.05, 0) is 55.0 Å². The Morgan fingerprint density at radius 2 is 1.69 bits per heavy atom. The number of nitrogens with zero attached hydrogens (tertiary/aromatic N) is 2. The summed E-state index contributed by atoms with van der Waals surface area (Å²) in [6, 6.07) is 14.7. The number of anilines is 1. The van der Waals surface area contributed by atoms with E-state index in [4.69, 9.17) is 5.14 Å². The summed E-state index contributed by atoms with van der Waals surface area (Å²) in [5.41, 5.74) is 3.31. The van der Waals surface area contributed by atoms with E-state index >= 15 is 0 Å². The van der Waals surface area contributed by atoms with Gasteiger partial charge in [0.2, 0.25) is 15.9 Å². The third-order valence-electron chi connectivity index (χ3n) is 5.40. The van der Waals surface area contributed by atoms with Gasteiger partial charge in [-0.1, -0.05) is 30.3 Å². The Morgan fingerprint density at radius 3 is 2.34 bits per heavy atom. The first kappa shape index (κ1) is 21.3. The van der Waals surface area contributed by atoms with Crippen molar-refractivity contribution in [2.45, 2.75) is 43.5 Å². The van der Waals surface area contributed by atoms with Crippen molar-refractivity contribution in [1.29, 1.82) is 0 Å². The Morgan fingerprint density at radius 1 is 1.03 bits per heavy atom. The molecule has 7 heteroatoms. The monoisotopic (exact) mass is 415 g/mol. The minimum absolute atomic E-state index is 0.0639. The molecule has 0 aliphatic carbocycles. The average Bonchev–Trinajstić information content (AvgIpc) is 2.72. The van der Waals surface area contributed by atoms with Gasteiger partial charge < -0.3 is 9.80 Å². The molecule has 0 radical (unpaired) electrons. The van der Waals surface area contributed by atoms with Crippen LogP contribution in [0.15, 0.2) is 53.4 Å². The summed E-state index contributed by atoms with van der Waals surface area (Å²) in [4.78, 5) is 16.9. The van der Waals surface area contributed by atoms with Crippen LogP contribution < -0.4 is 10.0 Å². The SMILES string of the molecule is CN(Cc1ccccc1N1CCCCC1)C(=O)CCc1ccc(S(N)(=O)=O)cc1. The van der Waals surface area contributed by atoms with Crippen LogP contribution in [0.4, 0.5) is 5.69 Å². The number of para-hydroxylation sites is 1. The largest absolute Gasteiger partial charge is 0.371 e. The highest BCUT2D eigenvalue weighted by molar-refractivity contribution is 7.89. The van der Waals surface area contributed by atoms with Crippen molar-refractivity contribution < 1.29 is 13.2 Å². The van der Waals surface area contributed by atoms with Crippen molar-refractivity contribution >= 4 is 21.6 Å². The van der Waals surface area contributed by atoms with Crippen LogP contribution in [0, 0.1) is 0 Å². The second-order valence-corrected chi connectivity index (χ2v) is 9.18. The molecule has 1 aliphatic heterocycles. The second kappa shape index (κ2) is 9.41. The standard InChI is InChI=1S/C22H29N3O3S/c1-24(17-19-7-3-4-8-21(19)25-15-5-2-6-16-25)22(26)14-11-18-9-12-20(13-10-18)29(23,27)28/h3-4,7-10,12-13H,2,5-6,11,14-17H2,1H3,(H2,23,27,28). The number of hydrogen-bond acceptors (Lipinski definition) is 4. The van der Waals surface area contributed by atoms with E-state index in [0.717, 1.165) is 18.7 Å². The number of rotatable bonds is 7. The number of nitrogens with two attached hydrogens (primary N) is 1. The van der Waals surface area contributed by atoms with Gasteiger partial charge in [0.1, 0.15) is 0 Å². The normalized spacial score (nSPS) is 14.6. The van der Waals surface area contributed by atoms with Gasteiger partial charge in [-0.25, -0.2) is 13.6 Å². The Balaban J connectivity index is 1.58. The number of primary sulfonamides is 1. The molecule has 0 saturated carbocycles. The fourth-order valence-corrected chi connectivity index (χ4v) is 4.23. The molecule has 1 aliphatic rings. The van der Waals surface area contributed by atoms with Crippen LogP contribution in [0.5, 0.6) is 0 Å². The number of benzene rings is 2. The van der Waals surface area contributed by atoms with Crippen LogP contribution in [-0.2, 0) is 27.8 Å². The topological polar surface area (TPSA) is 83.7 Å². The number of aryl methyl sites for hydroxylation is 1. The summed E-state index contributed by atoms with van der Waals surface area (Å²) in [7, 11) is -1.86. The Kier molecular flexibility index (Phi) is 6.92. The number of hydrogen-bond donors (Lipinski definition) is 1. The van der Waals surface area contributed by atoms with Crippen LogP contribution >= 0.6 is 0 Å². The van der Waals surface area contributed by atoms with Crippen molar-refractivity contribution in [2.75, 3.05) is 25.0 Å². The maximum atomic E-state index is 12.6. The Labute approximate surface area is 173 Å². The highest BCUT2D eigenvalue weighted by Crippen LogP contribution is 2.25. The smallest absolute Gasteiger partial charge is 0.238 e. The molecular weight excluding hydrogens is 386 g/mol. The first-order valence-corrected chi connectivity index (χ1v) is 11.6. The highest BCUT2D eigenvalue weighted by Gasteiger charge is 2.17. The maximum Gasteiger partial charge on any atom is 0.238 e. The van der Waals surface area contributed by atoms with Gasteiger partial charge in [0, 0.05) is 38.8 Å². The molecule has 0 bridgehead atoms. The van der Waals surface area contributed by atoms with Gasteiger partial charge in [-0.3, -0.25) is 4.79 Å². The molecule has 1 heterocycles. The van der Waals surface area contributed by atoms with Crippen LogP contribution in [0.3, 0.4) is 0 Å². The van der Waals surface area contributed by atoms with Crippen LogP contribution in [0.2, 0.25) is 0 Å². The van der Waals surface area contributed by atoms with Gasteiger partial charge in [0.05, 0.1) is 4.90 Å². The summed E-state index contributed by atoms with van der Waals surface area (Å²) in [5, 5.41) is 5.12. The van der Waals surface area contributed by atoms with E-state index in [1.165, 1.54) is 42.6 Å². The zero-order valence-corrected chi connectivity index (χ0v) is 17.7. The van der Waals surface area contributed by atoms with E-state index in [2.05, 4.69) is 23.1 Å². The lowest BCUT2D eigenvalue weighted by molar-refractivity contribution is -0.130. The van der Waals surface area contributed by atoms with Gasteiger partial charge in [0.15, 0.2) is 0 Å². The summed E-state index contributed by atoms with van der Waals surface area (Å²) in [6.07, 6.45) is 4.65. The van der Waals surface area contributed by atoms with E-state index in [1.807, 2.05) is 13.1 Å². The molecule has 0 unspecified atom stereocenters. The summed E-state index contributed by atoms with van der Waals surface area (Å²) < 4.78 is 22.7. The molecule has 29 heavy (non-hydrogen) atoms. The molecule has 3 rings (SSSR count). The van der Waals surface area contributed by atoms with Crippen molar-refractivity contribution in [1.82, 2.24) is 4.90 Å². The predicted octanol–water partition coefficient (Wildman–Crippen LogP) is 2.92. The highest BCUT2D eigenvalue weighted by atomic mass is 32.2. The molecule has 0 atom stereocenters. The van der Waals surface area contributed by atoms with Crippen molar-refractivity contribution in [3.8, 4) is 0 Å². The minimum atomic E-state index is -3.69. The predicted molar refractivity (Wildman–Crippen MR) is 115 cm³/mol. The molecule has 1 fully saturated rings. The zero-order valence-electron chi connectivity index (χ0n) is 16.9. The van der Waals surface area contributed by atoms with Crippen molar-refractivity contribution in [2.24, 2.45) is 5.14 Å². The van der Waals surface area contributed by atoms with Gasteiger partial charge in [-0.15, -0.1) is 0 Å². The third kappa shape index (κ3) is 5.81. The molecule has 156 valence electrons.